The Balaban J connectivity index is 3.24. The molecule has 0 aliphatic rings. The zero-order valence-corrected chi connectivity index (χ0v) is 12.9. The Morgan fingerprint density at radius 2 is 1.68 bits per heavy atom. The summed E-state index contributed by atoms with van der Waals surface area (Å²) in [5, 5.41) is 0.416. The minimum atomic E-state index is -0.118. The maximum atomic E-state index is 12.4. The molecule has 1 heterocycles. The predicted molar refractivity (Wildman–Crippen MR) is 78.7 cm³/mol. The van der Waals surface area contributed by atoms with Gasteiger partial charge in [-0.3, -0.25) is 9.59 Å². The Bertz CT molecular complexity index is 490. The minimum Gasteiger partial charge on any atom is -0.390 e. The Kier molecular flexibility index (Phi) is 4.94. The summed E-state index contributed by atoms with van der Waals surface area (Å²) >= 11 is 1.18. The molecule has 0 aliphatic heterocycles. The van der Waals surface area contributed by atoms with Crippen molar-refractivity contribution in [3.05, 3.63) is 16.0 Å². The Morgan fingerprint density at radius 1 is 1.16 bits per heavy atom. The van der Waals surface area contributed by atoms with Gasteiger partial charge in [-0.15, -0.1) is 11.3 Å². The SMILES string of the molecule is CCN(CC)C(=O)c1c(N)sc(C(=O)N(C)C)c1C. The third-order valence-corrected chi connectivity index (χ3v) is 4.15. The highest BCUT2D eigenvalue weighted by Gasteiger charge is 2.26. The number of rotatable bonds is 4. The molecule has 1 rings (SSSR count). The molecule has 0 aromatic carbocycles. The summed E-state index contributed by atoms with van der Waals surface area (Å²) in [4.78, 5) is 28.1. The Hall–Kier alpha value is -1.56. The summed E-state index contributed by atoms with van der Waals surface area (Å²) < 4.78 is 0. The number of hydrogen-bond acceptors (Lipinski definition) is 4. The second-order valence-electron chi connectivity index (χ2n) is 4.47. The zero-order chi connectivity index (χ0) is 14.7. The van der Waals surface area contributed by atoms with Gasteiger partial charge in [-0.2, -0.15) is 0 Å². The van der Waals surface area contributed by atoms with Gasteiger partial charge in [-0.1, -0.05) is 0 Å². The van der Waals surface area contributed by atoms with Crippen molar-refractivity contribution in [1.29, 1.82) is 0 Å². The van der Waals surface area contributed by atoms with Gasteiger partial charge in [0.2, 0.25) is 0 Å². The fraction of sp³-hybridized carbons (Fsp3) is 0.538. The summed E-state index contributed by atoms with van der Waals surface area (Å²) in [6.45, 7) is 6.87. The molecule has 0 saturated heterocycles. The van der Waals surface area contributed by atoms with E-state index in [4.69, 9.17) is 5.73 Å². The van der Waals surface area contributed by atoms with Crippen LogP contribution < -0.4 is 5.73 Å². The number of thiophene rings is 1. The molecule has 0 saturated carbocycles. The molecule has 5 nitrogen and oxygen atoms in total. The van der Waals surface area contributed by atoms with Gasteiger partial charge in [0.15, 0.2) is 0 Å². The van der Waals surface area contributed by atoms with E-state index in [0.29, 0.717) is 34.1 Å². The first-order chi connectivity index (χ1) is 8.84. The molecule has 19 heavy (non-hydrogen) atoms. The number of hydrogen-bond donors (Lipinski definition) is 1. The third kappa shape index (κ3) is 2.89. The van der Waals surface area contributed by atoms with Crippen molar-refractivity contribution in [2.45, 2.75) is 20.8 Å². The molecule has 6 heteroatoms. The summed E-state index contributed by atoms with van der Waals surface area (Å²) in [5.74, 6) is -0.221. The number of carbonyl (C=O) groups excluding carboxylic acids is 2. The van der Waals surface area contributed by atoms with Crippen molar-refractivity contribution < 1.29 is 9.59 Å². The first-order valence-corrected chi connectivity index (χ1v) is 7.06. The highest BCUT2D eigenvalue weighted by Crippen LogP contribution is 2.32. The Morgan fingerprint density at radius 3 is 2.11 bits per heavy atom. The summed E-state index contributed by atoms with van der Waals surface area (Å²) in [7, 11) is 3.37. The fourth-order valence-corrected chi connectivity index (χ4v) is 2.97. The van der Waals surface area contributed by atoms with Crippen LogP contribution in [0.25, 0.3) is 0 Å². The minimum absolute atomic E-state index is 0.103. The number of amides is 2. The van der Waals surface area contributed by atoms with Crippen molar-refractivity contribution in [1.82, 2.24) is 9.80 Å². The summed E-state index contributed by atoms with van der Waals surface area (Å²) in [6, 6.07) is 0. The van der Waals surface area contributed by atoms with Gasteiger partial charge < -0.3 is 15.5 Å². The smallest absolute Gasteiger partial charge is 0.263 e. The third-order valence-electron chi connectivity index (χ3n) is 3.04. The van der Waals surface area contributed by atoms with E-state index in [1.807, 2.05) is 13.8 Å². The van der Waals surface area contributed by atoms with Gasteiger partial charge in [-0.25, -0.2) is 0 Å². The van der Waals surface area contributed by atoms with Crippen molar-refractivity contribution in [3.63, 3.8) is 0 Å². The van der Waals surface area contributed by atoms with Gasteiger partial charge in [0, 0.05) is 27.2 Å². The maximum absolute atomic E-state index is 12.4. The molecule has 2 amide bonds. The van der Waals surface area contributed by atoms with Crippen molar-refractivity contribution in [2.24, 2.45) is 0 Å². The van der Waals surface area contributed by atoms with Crippen LogP contribution in [0.4, 0.5) is 5.00 Å². The van der Waals surface area contributed by atoms with E-state index in [1.54, 1.807) is 25.9 Å². The lowest BCUT2D eigenvalue weighted by atomic mass is 10.1. The molecule has 0 radical (unpaired) electrons. The first-order valence-electron chi connectivity index (χ1n) is 6.24. The van der Waals surface area contributed by atoms with Crippen LogP contribution in [0.15, 0.2) is 0 Å². The molecule has 0 bridgehead atoms. The van der Waals surface area contributed by atoms with Crippen LogP contribution in [-0.2, 0) is 0 Å². The molecule has 0 fully saturated rings. The lowest BCUT2D eigenvalue weighted by Gasteiger charge is -2.19. The van der Waals surface area contributed by atoms with E-state index in [1.165, 1.54) is 16.2 Å². The second kappa shape index (κ2) is 6.06. The van der Waals surface area contributed by atoms with Crippen molar-refractivity contribution >= 4 is 28.2 Å². The van der Waals surface area contributed by atoms with Crippen molar-refractivity contribution in [3.8, 4) is 0 Å². The van der Waals surface area contributed by atoms with Crippen LogP contribution in [0.3, 0.4) is 0 Å². The molecule has 1 aromatic heterocycles. The topological polar surface area (TPSA) is 66.6 Å². The number of anilines is 1. The molecule has 0 aliphatic carbocycles. The lowest BCUT2D eigenvalue weighted by Crippen LogP contribution is -2.31. The van der Waals surface area contributed by atoms with Crippen LogP contribution in [0.5, 0.6) is 0 Å². The van der Waals surface area contributed by atoms with Gasteiger partial charge in [0.05, 0.1) is 15.4 Å². The van der Waals surface area contributed by atoms with E-state index in [-0.39, 0.29) is 11.8 Å². The first kappa shape index (κ1) is 15.5. The van der Waals surface area contributed by atoms with Crippen LogP contribution in [-0.4, -0.2) is 48.8 Å². The standard InChI is InChI=1S/C13H21N3O2S/c1-6-16(7-2)12(17)9-8(3)10(19-11(9)14)13(18)15(4)5/h6-7,14H2,1-5H3. The van der Waals surface area contributed by atoms with Gasteiger partial charge in [0.25, 0.3) is 11.8 Å². The van der Waals surface area contributed by atoms with Crippen LogP contribution in [0.2, 0.25) is 0 Å². The van der Waals surface area contributed by atoms with Crippen molar-refractivity contribution in [2.75, 3.05) is 32.9 Å². The quantitative estimate of drug-likeness (QED) is 0.916. The molecular formula is C13H21N3O2S. The highest BCUT2D eigenvalue weighted by molar-refractivity contribution is 7.18. The fourth-order valence-electron chi connectivity index (χ4n) is 1.88. The van der Waals surface area contributed by atoms with E-state index in [0.717, 1.165) is 0 Å². The largest absolute Gasteiger partial charge is 0.390 e. The average molecular weight is 283 g/mol. The molecule has 106 valence electrons. The zero-order valence-electron chi connectivity index (χ0n) is 12.1. The Labute approximate surface area is 118 Å². The number of nitrogens with two attached hydrogens (primary N) is 1. The van der Waals surface area contributed by atoms with Gasteiger partial charge >= 0.3 is 0 Å². The van der Waals surface area contributed by atoms with Gasteiger partial charge in [-0.05, 0) is 26.3 Å². The van der Waals surface area contributed by atoms with E-state index < -0.39 is 0 Å². The van der Waals surface area contributed by atoms with Crippen LogP contribution >= 0.6 is 11.3 Å². The monoisotopic (exact) mass is 283 g/mol. The molecule has 2 N–H and O–H groups in total. The molecular weight excluding hydrogens is 262 g/mol. The average Bonchev–Trinajstić information content (AvgIpc) is 2.65. The molecule has 0 spiro atoms. The van der Waals surface area contributed by atoms with Crippen LogP contribution in [0, 0.1) is 6.92 Å². The number of carbonyl (C=O) groups is 2. The maximum Gasteiger partial charge on any atom is 0.263 e. The highest BCUT2D eigenvalue weighted by atomic mass is 32.1. The second-order valence-corrected chi connectivity index (χ2v) is 5.52. The number of nitrogen functional groups attached to an aromatic ring is 1. The van der Waals surface area contributed by atoms with E-state index in [9.17, 15) is 9.59 Å². The molecule has 0 atom stereocenters. The lowest BCUT2D eigenvalue weighted by molar-refractivity contribution is 0.0774. The van der Waals surface area contributed by atoms with Crippen LogP contribution in [0.1, 0.15) is 39.4 Å². The summed E-state index contributed by atoms with van der Waals surface area (Å²) in [5.41, 5.74) is 7.08. The van der Waals surface area contributed by atoms with Gasteiger partial charge in [0.1, 0.15) is 0 Å². The summed E-state index contributed by atoms with van der Waals surface area (Å²) in [6.07, 6.45) is 0. The number of nitrogens with zero attached hydrogens (tertiary/aromatic N) is 2. The predicted octanol–water partition coefficient (Wildman–Crippen LogP) is 1.82. The van der Waals surface area contributed by atoms with E-state index in [2.05, 4.69) is 0 Å². The van der Waals surface area contributed by atoms with E-state index >= 15 is 0 Å². The molecule has 0 unspecified atom stereocenters. The molecule has 1 aromatic rings. The normalized spacial score (nSPS) is 10.4.